The van der Waals surface area contributed by atoms with Crippen LogP contribution in [-0.4, -0.2) is 94.0 Å². The van der Waals surface area contributed by atoms with E-state index in [1.807, 2.05) is 20.2 Å². The first kappa shape index (κ1) is 35.2. The van der Waals surface area contributed by atoms with Gasteiger partial charge in [-0.3, -0.25) is 15.2 Å². The summed E-state index contributed by atoms with van der Waals surface area (Å²) in [6, 6.07) is 4.52. The number of amides is 1. The topological polar surface area (TPSA) is 129 Å². The number of hydrogen-bond acceptors (Lipinski definition) is 11. The molecule has 1 amide bonds. The van der Waals surface area contributed by atoms with Gasteiger partial charge in [-0.1, -0.05) is 0 Å². The maximum atomic E-state index is 16.9. The first-order valence-corrected chi connectivity index (χ1v) is 18.0. The van der Waals surface area contributed by atoms with Gasteiger partial charge in [0, 0.05) is 42.2 Å². The molecule has 1 aromatic carbocycles. The highest BCUT2D eigenvalue weighted by molar-refractivity contribution is 7.23. The van der Waals surface area contributed by atoms with Crippen molar-refractivity contribution in [3.05, 3.63) is 35.5 Å². The van der Waals surface area contributed by atoms with Crippen molar-refractivity contribution in [1.82, 2.24) is 24.8 Å². The normalized spacial score (nSPS) is 21.5. The van der Waals surface area contributed by atoms with Crippen LogP contribution in [0.15, 0.2) is 18.3 Å². The third kappa shape index (κ3) is 6.42. The fraction of sp³-hybridized carbons (Fsp3) is 0.528. The van der Waals surface area contributed by atoms with E-state index in [9.17, 15) is 14.4 Å². The van der Waals surface area contributed by atoms with Crippen molar-refractivity contribution < 1.29 is 27.4 Å². The molecule has 0 bridgehead atoms. The first-order valence-electron chi connectivity index (χ1n) is 17.2. The third-order valence-corrected chi connectivity index (χ3v) is 11.6. The minimum Gasteiger partial charge on any atom is -0.461 e. The molecule has 1 aliphatic carbocycles. The summed E-state index contributed by atoms with van der Waals surface area (Å²) in [5.41, 5.74) is -1.52. The van der Waals surface area contributed by atoms with Crippen LogP contribution in [-0.2, 0) is 4.74 Å². The number of ether oxygens (including phenoxy) is 2. The van der Waals surface area contributed by atoms with Crippen molar-refractivity contribution in [3.63, 3.8) is 0 Å². The zero-order valence-corrected chi connectivity index (χ0v) is 30.1. The molecule has 0 spiro atoms. The molecule has 11 nitrogen and oxygen atoms in total. The number of alkyl halides is 1. The van der Waals surface area contributed by atoms with E-state index in [0.717, 1.165) is 50.0 Å². The number of nitrogens with one attached hydrogen (secondary N) is 2. The molecule has 0 radical (unpaired) electrons. The average molecular weight is 723 g/mol. The smallest absolute Gasteiger partial charge is 0.412 e. The maximum Gasteiger partial charge on any atom is 0.412 e. The van der Waals surface area contributed by atoms with Gasteiger partial charge >= 0.3 is 12.1 Å². The molecule has 3 aliphatic rings. The maximum absolute atomic E-state index is 16.9. The van der Waals surface area contributed by atoms with E-state index in [0.29, 0.717) is 30.7 Å². The number of carbonyl (C=O) groups excluding carboxylic acids is 1. The molecule has 0 unspecified atom stereocenters. The summed E-state index contributed by atoms with van der Waals surface area (Å²) in [6.45, 7) is 6.94. The monoisotopic (exact) mass is 722 g/mol. The second-order valence-electron chi connectivity index (χ2n) is 15.1. The molecule has 15 heteroatoms. The van der Waals surface area contributed by atoms with Crippen molar-refractivity contribution in [2.45, 2.75) is 82.1 Å². The number of hydrogen-bond donors (Lipinski definition) is 2. The van der Waals surface area contributed by atoms with E-state index in [2.05, 4.69) is 35.4 Å². The zero-order chi connectivity index (χ0) is 36.3. The van der Waals surface area contributed by atoms with Gasteiger partial charge in [0.15, 0.2) is 5.82 Å². The molecule has 4 aromatic rings. The van der Waals surface area contributed by atoms with Gasteiger partial charge in [-0.05, 0) is 85.6 Å². The molecule has 3 aromatic heterocycles. The summed E-state index contributed by atoms with van der Waals surface area (Å²) in [6.07, 6.45) is 4.86. The lowest BCUT2D eigenvalue weighted by atomic mass is 9.75. The van der Waals surface area contributed by atoms with Gasteiger partial charge in [-0.25, -0.2) is 18.0 Å². The second-order valence-corrected chi connectivity index (χ2v) is 16.1. The molecular formula is C36H41F3N8O3S. The lowest BCUT2D eigenvalue weighted by molar-refractivity contribution is 0.0636. The van der Waals surface area contributed by atoms with Crippen LogP contribution in [0.4, 0.5) is 28.8 Å². The molecule has 5 heterocycles. The Morgan fingerprint density at radius 2 is 1.98 bits per heavy atom. The van der Waals surface area contributed by atoms with E-state index in [-0.39, 0.29) is 55.6 Å². The number of thiophene rings is 1. The van der Waals surface area contributed by atoms with E-state index < -0.39 is 35.0 Å². The summed E-state index contributed by atoms with van der Waals surface area (Å²) in [4.78, 5) is 30.6. The zero-order valence-electron chi connectivity index (χ0n) is 29.3. The Morgan fingerprint density at radius 3 is 2.67 bits per heavy atom. The quantitative estimate of drug-likeness (QED) is 0.182. The van der Waals surface area contributed by atoms with Gasteiger partial charge in [-0.15, -0.1) is 11.3 Å². The molecule has 1 saturated carbocycles. The van der Waals surface area contributed by atoms with Crippen LogP contribution in [0.5, 0.6) is 6.01 Å². The summed E-state index contributed by atoms with van der Waals surface area (Å²) in [5, 5.41) is 16.6. The Balaban J connectivity index is 1.31. The predicted octanol–water partition coefficient (Wildman–Crippen LogP) is 7.25. The van der Waals surface area contributed by atoms with Crippen LogP contribution < -0.4 is 15.4 Å². The number of aromatic nitrogens is 3. The summed E-state index contributed by atoms with van der Waals surface area (Å²) in [7, 11) is 4.07. The Hall–Kier alpha value is -4.26. The first-order chi connectivity index (χ1) is 24.2. The van der Waals surface area contributed by atoms with Crippen LogP contribution in [0, 0.1) is 23.0 Å². The predicted molar refractivity (Wildman–Crippen MR) is 190 cm³/mol. The van der Waals surface area contributed by atoms with E-state index >= 15 is 8.78 Å². The largest absolute Gasteiger partial charge is 0.461 e. The average Bonchev–Trinajstić information content (AvgIpc) is 3.69. The number of anilines is 2. The van der Waals surface area contributed by atoms with Crippen LogP contribution in [0.25, 0.3) is 32.2 Å². The Morgan fingerprint density at radius 1 is 1.20 bits per heavy atom. The summed E-state index contributed by atoms with van der Waals surface area (Å²) in [5.74, 6) is -1.12. The highest BCUT2D eigenvalue weighted by Gasteiger charge is 2.49. The highest BCUT2D eigenvalue weighted by atomic mass is 32.1. The van der Waals surface area contributed by atoms with E-state index in [4.69, 9.17) is 9.47 Å². The van der Waals surface area contributed by atoms with Crippen molar-refractivity contribution in [2.24, 2.45) is 0 Å². The molecule has 2 saturated heterocycles. The van der Waals surface area contributed by atoms with Crippen LogP contribution in [0.3, 0.4) is 0 Å². The number of nitrogens with zero attached hydrogens (tertiary/aromatic N) is 6. The number of fused-ring (bicyclic) bond motifs is 3. The van der Waals surface area contributed by atoms with Gasteiger partial charge in [0.25, 0.3) is 0 Å². The number of likely N-dealkylation sites (N-methyl/N-ethyl adjacent to an activating group) is 1. The van der Waals surface area contributed by atoms with E-state index in [1.54, 1.807) is 20.8 Å². The van der Waals surface area contributed by atoms with Crippen molar-refractivity contribution in [2.75, 3.05) is 51.0 Å². The minimum absolute atomic E-state index is 0.0445. The number of nitriles is 1. The molecule has 3 fully saturated rings. The lowest BCUT2D eigenvalue weighted by Crippen LogP contribution is -2.54. The standard InChI is InChI=1S/C36H41F3N8O3S/c1-34(2,3)50-33(48)45-31-22(15-40)25-21(8-9-24(38)29(25)51-31)27-26(39)28-23(16-41-27)30(42-18-35(46(4)5)10-6-11-35)44-32(43-28)49-19-36-12-7-13-47(36)17-20(37)14-36/h8-9,16,20H,6-7,10-14,17-19H2,1-5H3,(H,45,48)(H,42,43,44)/t20-,36+/m1/s1. The number of carbonyl (C=O) groups is 1. The molecule has 2 aliphatic heterocycles. The molecular weight excluding hydrogens is 682 g/mol. The summed E-state index contributed by atoms with van der Waals surface area (Å²) >= 11 is 0.847. The fourth-order valence-electron chi connectivity index (χ4n) is 7.65. The molecule has 7 rings (SSSR count). The number of halogens is 3. The van der Waals surface area contributed by atoms with Gasteiger partial charge in [-0.2, -0.15) is 15.2 Å². The summed E-state index contributed by atoms with van der Waals surface area (Å²) < 4.78 is 58.2. The van der Waals surface area contributed by atoms with Gasteiger partial charge in [0.1, 0.15) is 52.3 Å². The molecule has 51 heavy (non-hydrogen) atoms. The van der Waals surface area contributed by atoms with Crippen LogP contribution in [0.1, 0.15) is 64.9 Å². The lowest BCUT2D eigenvalue weighted by Gasteiger charge is -2.47. The van der Waals surface area contributed by atoms with Gasteiger partial charge in [0.05, 0.1) is 21.2 Å². The third-order valence-electron chi connectivity index (χ3n) is 10.5. The van der Waals surface area contributed by atoms with Gasteiger partial charge in [0.2, 0.25) is 0 Å². The van der Waals surface area contributed by atoms with E-state index in [1.165, 1.54) is 18.3 Å². The molecule has 270 valence electrons. The Bertz CT molecular complexity index is 2060. The van der Waals surface area contributed by atoms with Crippen molar-refractivity contribution in [3.8, 4) is 23.3 Å². The second kappa shape index (κ2) is 13.1. The van der Waals surface area contributed by atoms with Crippen molar-refractivity contribution >= 4 is 49.2 Å². The fourth-order valence-corrected chi connectivity index (χ4v) is 8.71. The Labute approximate surface area is 298 Å². The molecule has 2 N–H and O–H groups in total. The Kier molecular flexibility index (Phi) is 9.00. The van der Waals surface area contributed by atoms with Crippen LogP contribution in [0.2, 0.25) is 0 Å². The minimum atomic E-state index is -0.942. The molecule has 2 atom stereocenters. The van der Waals surface area contributed by atoms with Crippen LogP contribution >= 0.6 is 11.3 Å². The number of rotatable bonds is 9. The number of benzene rings is 1. The van der Waals surface area contributed by atoms with Gasteiger partial charge < -0.3 is 19.7 Å². The van der Waals surface area contributed by atoms with Crippen molar-refractivity contribution in [1.29, 1.82) is 5.26 Å². The highest BCUT2D eigenvalue weighted by Crippen LogP contribution is 2.44. The SMILES string of the molecule is CN(C)C1(CNc2nc(OC[C@@]34CCCN3C[C@H](F)C4)nc3c(F)c(-c4ccc(F)c5sc(NC(=O)OC(C)(C)C)c(C#N)c45)ncc23)CCC1. The number of pyridine rings is 1.